The van der Waals surface area contributed by atoms with Crippen molar-refractivity contribution >= 4 is 0 Å². The largest absolute Gasteiger partial charge is 0.396 e. The number of hydrogen-bond donors (Lipinski definition) is 2. The summed E-state index contributed by atoms with van der Waals surface area (Å²) in [5.41, 5.74) is 0.878. The van der Waals surface area contributed by atoms with Crippen LogP contribution in [0.1, 0.15) is 25.0 Å². The molecular formula is C11H16O2. The summed E-state index contributed by atoms with van der Waals surface area (Å²) < 4.78 is 0. The van der Waals surface area contributed by atoms with Crippen LogP contribution in [-0.2, 0) is 0 Å². The highest BCUT2D eigenvalue weighted by Crippen LogP contribution is 2.23. The first-order chi connectivity index (χ1) is 6.29. The van der Waals surface area contributed by atoms with Gasteiger partial charge in [0.15, 0.2) is 0 Å². The zero-order valence-electron chi connectivity index (χ0n) is 7.85. The van der Waals surface area contributed by atoms with E-state index in [9.17, 15) is 5.11 Å². The maximum atomic E-state index is 9.82. The lowest BCUT2D eigenvalue weighted by molar-refractivity contribution is 0.0647. The highest BCUT2D eigenvalue weighted by Gasteiger charge is 2.17. The van der Waals surface area contributed by atoms with E-state index in [2.05, 4.69) is 0 Å². The summed E-state index contributed by atoms with van der Waals surface area (Å²) in [5, 5.41) is 18.8. The Morgan fingerprint density at radius 2 is 1.85 bits per heavy atom. The minimum atomic E-state index is -0.545. The Labute approximate surface area is 78.8 Å². The molecule has 13 heavy (non-hydrogen) atoms. The van der Waals surface area contributed by atoms with Gasteiger partial charge in [-0.25, -0.2) is 0 Å². The number of benzene rings is 1. The zero-order valence-corrected chi connectivity index (χ0v) is 7.85. The third kappa shape index (κ3) is 2.54. The Morgan fingerprint density at radius 3 is 2.31 bits per heavy atom. The quantitative estimate of drug-likeness (QED) is 0.741. The first-order valence-corrected chi connectivity index (χ1v) is 4.63. The molecule has 0 unspecified atom stereocenters. The van der Waals surface area contributed by atoms with Crippen molar-refractivity contribution in [2.24, 2.45) is 5.92 Å². The van der Waals surface area contributed by atoms with Crippen LogP contribution in [0.5, 0.6) is 0 Å². The van der Waals surface area contributed by atoms with Crippen molar-refractivity contribution in [3.05, 3.63) is 35.9 Å². The second-order valence-electron chi connectivity index (χ2n) is 3.21. The predicted octanol–water partition coefficient (Wildman–Crippen LogP) is 1.74. The van der Waals surface area contributed by atoms with E-state index >= 15 is 0 Å². The highest BCUT2D eigenvalue weighted by molar-refractivity contribution is 5.17. The molecule has 0 bridgehead atoms. The minimum Gasteiger partial charge on any atom is -0.396 e. The van der Waals surface area contributed by atoms with Gasteiger partial charge in [-0.05, 0) is 12.0 Å². The highest BCUT2D eigenvalue weighted by atomic mass is 16.3. The number of rotatable bonds is 4. The van der Waals surface area contributed by atoms with Crippen molar-refractivity contribution in [3.8, 4) is 0 Å². The molecule has 0 spiro atoms. The molecule has 0 saturated carbocycles. The van der Waals surface area contributed by atoms with Crippen molar-refractivity contribution in [1.29, 1.82) is 0 Å². The Kier molecular flexibility index (Phi) is 3.93. The molecule has 1 aromatic rings. The van der Waals surface area contributed by atoms with E-state index < -0.39 is 6.10 Å². The minimum absolute atomic E-state index is 0.0343. The average molecular weight is 180 g/mol. The summed E-state index contributed by atoms with van der Waals surface area (Å²) in [7, 11) is 0. The molecule has 2 N–H and O–H groups in total. The molecule has 1 aromatic carbocycles. The summed E-state index contributed by atoms with van der Waals surface area (Å²) in [4.78, 5) is 0. The van der Waals surface area contributed by atoms with Gasteiger partial charge in [0.25, 0.3) is 0 Å². The first kappa shape index (κ1) is 10.2. The van der Waals surface area contributed by atoms with Gasteiger partial charge in [0, 0.05) is 12.5 Å². The van der Waals surface area contributed by atoms with Gasteiger partial charge in [-0.3, -0.25) is 0 Å². The third-order valence-electron chi connectivity index (χ3n) is 2.35. The van der Waals surface area contributed by atoms with Crippen molar-refractivity contribution < 1.29 is 10.2 Å². The van der Waals surface area contributed by atoms with E-state index in [0.717, 1.165) is 12.0 Å². The second-order valence-corrected chi connectivity index (χ2v) is 3.21. The number of aliphatic hydroxyl groups is 2. The number of aliphatic hydroxyl groups excluding tert-OH is 2. The van der Waals surface area contributed by atoms with E-state index in [1.807, 2.05) is 37.3 Å². The molecule has 0 saturated heterocycles. The maximum absolute atomic E-state index is 9.82. The van der Waals surface area contributed by atoms with Crippen LogP contribution in [0.25, 0.3) is 0 Å². The van der Waals surface area contributed by atoms with Crippen LogP contribution in [0.2, 0.25) is 0 Å². The van der Waals surface area contributed by atoms with Gasteiger partial charge in [0.1, 0.15) is 0 Å². The fourth-order valence-electron chi connectivity index (χ4n) is 1.37. The topological polar surface area (TPSA) is 40.5 Å². The molecule has 2 nitrogen and oxygen atoms in total. The average Bonchev–Trinajstić information content (AvgIpc) is 2.21. The molecule has 0 radical (unpaired) electrons. The molecular weight excluding hydrogens is 164 g/mol. The molecule has 0 amide bonds. The molecule has 0 aliphatic rings. The monoisotopic (exact) mass is 180 g/mol. The molecule has 0 aliphatic carbocycles. The standard InChI is InChI=1S/C11H16O2/c1-2-9(8-12)11(13)10-6-4-3-5-7-10/h3-7,9,11-13H,2,8H2,1H3/t9-,11-/m1/s1. The molecule has 0 aromatic heterocycles. The molecule has 72 valence electrons. The van der Waals surface area contributed by atoms with Gasteiger partial charge in [-0.15, -0.1) is 0 Å². The Morgan fingerprint density at radius 1 is 1.23 bits per heavy atom. The summed E-state index contributed by atoms with van der Waals surface area (Å²) in [6.45, 7) is 2.00. The van der Waals surface area contributed by atoms with E-state index in [-0.39, 0.29) is 12.5 Å². The summed E-state index contributed by atoms with van der Waals surface area (Å²) in [5.74, 6) is -0.0533. The Balaban J connectivity index is 2.72. The van der Waals surface area contributed by atoms with Crippen molar-refractivity contribution in [2.45, 2.75) is 19.4 Å². The Bertz CT molecular complexity index is 229. The summed E-state index contributed by atoms with van der Waals surface area (Å²) in [6.07, 6.45) is 0.239. The van der Waals surface area contributed by atoms with Crippen LogP contribution in [0.15, 0.2) is 30.3 Å². The van der Waals surface area contributed by atoms with Crippen molar-refractivity contribution in [1.82, 2.24) is 0 Å². The maximum Gasteiger partial charge on any atom is 0.0840 e. The van der Waals surface area contributed by atoms with Crippen LogP contribution >= 0.6 is 0 Å². The van der Waals surface area contributed by atoms with Crippen LogP contribution < -0.4 is 0 Å². The predicted molar refractivity (Wildman–Crippen MR) is 52.3 cm³/mol. The molecule has 0 fully saturated rings. The molecule has 0 aliphatic heterocycles. The molecule has 0 heterocycles. The lowest BCUT2D eigenvalue weighted by Gasteiger charge is -2.19. The first-order valence-electron chi connectivity index (χ1n) is 4.63. The van der Waals surface area contributed by atoms with Gasteiger partial charge in [-0.2, -0.15) is 0 Å². The SMILES string of the molecule is CC[C@H](CO)[C@@H](O)c1ccccc1. The zero-order chi connectivity index (χ0) is 9.68. The van der Waals surface area contributed by atoms with Crippen LogP contribution in [0.4, 0.5) is 0 Å². The molecule has 2 atom stereocenters. The summed E-state index contributed by atoms with van der Waals surface area (Å²) >= 11 is 0. The van der Waals surface area contributed by atoms with E-state index in [0.29, 0.717) is 0 Å². The van der Waals surface area contributed by atoms with Gasteiger partial charge < -0.3 is 10.2 Å². The molecule has 2 heteroatoms. The van der Waals surface area contributed by atoms with Gasteiger partial charge in [-0.1, -0.05) is 37.3 Å². The third-order valence-corrected chi connectivity index (χ3v) is 2.35. The van der Waals surface area contributed by atoms with Crippen LogP contribution in [-0.4, -0.2) is 16.8 Å². The van der Waals surface area contributed by atoms with Crippen molar-refractivity contribution in [2.75, 3.05) is 6.61 Å². The lowest BCUT2D eigenvalue weighted by atomic mass is 9.94. The van der Waals surface area contributed by atoms with E-state index in [1.165, 1.54) is 0 Å². The fourth-order valence-corrected chi connectivity index (χ4v) is 1.37. The smallest absolute Gasteiger partial charge is 0.0840 e. The summed E-state index contributed by atoms with van der Waals surface area (Å²) in [6, 6.07) is 9.45. The van der Waals surface area contributed by atoms with Gasteiger partial charge >= 0.3 is 0 Å². The van der Waals surface area contributed by atoms with Crippen LogP contribution in [0, 0.1) is 5.92 Å². The number of hydrogen-bond acceptors (Lipinski definition) is 2. The lowest BCUT2D eigenvalue weighted by Crippen LogP contribution is -2.15. The van der Waals surface area contributed by atoms with Crippen LogP contribution in [0.3, 0.4) is 0 Å². The second kappa shape index (κ2) is 5.00. The van der Waals surface area contributed by atoms with E-state index in [4.69, 9.17) is 5.11 Å². The van der Waals surface area contributed by atoms with Gasteiger partial charge in [0.2, 0.25) is 0 Å². The van der Waals surface area contributed by atoms with Gasteiger partial charge in [0.05, 0.1) is 6.10 Å². The van der Waals surface area contributed by atoms with Crippen molar-refractivity contribution in [3.63, 3.8) is 0 Å². The normalized spacial score (nSPS) is 15.3. The molecule has 1 rings (SSSR count). The van der Waals surface area contributed by atoms with E-state index in [1.54, 1.807) is 0 Å². The Hall–Kier alpha value is -0.860. The fraction of sp³-hybridized carbons (Fsp3) is 0.455.